The van der Waals surface area contributed by atoms with Crippen LogP contribution in [-0.4, -0.2) is 15.3 Å². The molecule has 0 N–H and O–H groups in total. The van der Waals surface area contributed by atoms with E-state index in [1.54, 1.807) is 6.20 Å². The van der Waals surface area contributed by atoms with Gasteiger partial charge < -0.3 is 0 Å². The Balaban J connectivity index is 2.96. The summed E-state index contributed by atoms with van der Waals surface area (Å²) in [7, 11) is 0. The smallest absolute Gasteiger partial charge is 0.148 e. The highest BCUT2D eigenvalue weighted by Crippen LogP contribution is 2.12. The maximum Gasteiger partial charge on any atom is 0.148 e. The van der Waals surface area contributed by atoms with Crippen LogP contribution in [0.4, 0.5) is 0 Å². The van der Waals surface area contributed by atoms with Crippen molar-refractivity contribution >= 4 is 33.1 Å². The Hall–Kier alpha value is -0.410. The van der Waals surface area contributed by atoms with Gasteiger partial charge in [0.1, 0.15) is 5.15 Å². The molecule has 0 aliphatic carbocycles. The Morgan fingerprint density at radius 1 is 1.64 bits per heavy atom. The summed E-state index contributed by atoms with van der Waals surface area (Å²) in [5.74, 6) is 0. The molecule has 0 saturated carbocycles. The van der Waals surface area contributed by atoms with Crippen molar-refractivity contribution in [2.45, 2.75) is 0 Å². The van der Waals surface area contributed by atoms with Crippen LogP contribution in [-0.2, 0) is 0 Å². The van der Waals surface area contributed by atoms with Crippen molar-refractivity contribution in [2.24, 2.45) is 0 Å². The summed E-state index contributed by atoms with van der Waals surface area (Å²) in [5, 5.41) is 1.08. The van der Waals surface area contributed by atoms with Gasteiger partial charge in [-0.2, -0.15) is 0 Å². The van der Waals surface area contributed by atoms with E-state index in [4.69, 9.17) is 11.6 Å². The summed E-state index contributed by atoms with van der Waals surface area (Å²) in [4.78, 5) is 7.89. The number of hydrogen-bond donors (Lipinski definition) is 0. The van der Waals surface area contributed by atoms with E-state index in [0.29, 0.717) is 10.5 Å². The van der Waals surface area contributed by atoms with Crippen molar-refractivity contribution in [3.63, 3.8) is 0 Å². The molecular weight excluding hydrogens is 227 g/mol. The van der Waals surface area contributed by atoms with E-state index >= 15 is 0 Å². The summed E-state index contributed by atoms with van der Waals surface area (Å²) < 4.78 is 0. The van der Waals surface area contributed by atoms with E-state index in [-0.39, 0.29) is 0 Å². The highest BCUT2D eigenvalue weighted by Gasteiger charge is 1.99. The van der Waals surface area contributed by atoms with Crippen LogP contribution in [0.1, 0.15) is 5.69 Å². The predicted molar refractivity (Wildman–Crippen MR) is 49.9 cm³/mol. The van der Waals surface area contributed by atoms with Crippen molar-refractivity contribution in [1.29, 1.82) is 0 Å². The monoisotopic (exact) mass is 232 g/mol. The number of alkyl halides is 1. The third-order valence-corrected chi connectivity index (χ3v) is 1.99. The Morgan fingerprint density at radius 2 is 2.36 bits per heavy atom. The third-order valence-electron chi connectivity index (χ3n) is 1.13. The average Bonchev–Trinajstić information content (AvgIpc) is 2.03. The lowest BCUT2D eigenvalue weighted by Crippen LogP contribution is -1.90. The number of nitrogens with zero attached hydrogens (tertiary/aromatic N) is 2. The van der Waals surface area contributed by atoms with E-state index in [1.165, 1.54) is 6.20 Å². The molecule has 0 unspecified atom stereocenters. The molecule has 0 aliphatic rings. The molecule has 11 heavy (non-hydrogen) atoms. The van der Waals surface area contributed by atoms with Crippen LogP contribution in [0, 0.1) is 0 Å². The predicted octanol–water partition coefficient (Wildman–Crippen LogP) is 2.54. The molecule has 0 radical (unpaired) electrons. The van der Waals surface area contributed by atoms with E-state index in [0.717, 1.165) is 11.3 Å². The zero-order chi connectivity index (χ0) is 8.27. The quantitative estimate of drug-likeness (QED) is 0.734. The zero-order valence-electron chi connectivity index (χ0n) is 5.72. The summed E-state index contributed by atoms with van der Waals surface area (Å²) in [6, 6.07) is 0. The molecule has 1 heterocycles. The molecule has 4 heteroatoms. The lowest BCUT2D eigenvalue weighted by Gasteiger charge is -1.98. The Kier molecular flexibility index (Phi) is 3.02. The minimum atomic E-state index is 0.393. The highest BCUT2D eigenvalue weighted by atomic mass is 79.9. The van der Waals surface area contributed by atoms with Crippen molar-refractivity contribution in [2.75, 3.05) is 5.33 Å². The van der Waals surface area contributed by atoms with Gasteiger partial charge in [-0.05, 0) is 5.57 Å². The minimum Gasteiger partial charge on any atom is -0.259 e. The molecule has 0 amide bonds. The number of allylic oxidation sites excluding steroid dienone is 1. The lowest BCUT2D eigenvalue weighted by atomic mass is 10.3. The molecule has 0 saturated heterocycles. The largest absolute Gasteiger partial charge is 0.259 e. The summed E-state index contributed by atoms with van der Waals surface area (Å²) in [6.07, 6.45) is 3.13. The van der Waals surface area contributed by atoms with Gasteiger partial charge in [0.2, 0.25) is 0 Å². The zero-order valence-corrected chi connectivity index (χ0v) is 8.06. The molecule has 1 aromatic rings. The van der Waals surface area contributed by atoms with Gasteiger partial charge in [0.15, 0.2) is 0 Å². The Morgan fingerprint density at radius 3 is 2.91 bits per heavy atom. The second kappa shape index (κ2) is 3.83. The molecule has 1 rings (SSSR count). The number of rotatable bonds is 2. The van der Waals surface area contributed by atoms with Crippen LogP contribution >= 0.6 is 27.5 Å². The Bertz CT molecular complexity index is 275. The van der Waals surface area contributed by atoms with Gasteiger partial charge in [-0.1, -0.05) is 34.1 Å². The van der Waals surface area contributed by atoms with Crippen molar-refractivity contribution in [3.05, 3.63) is 29.8 Å². The molecule has 1 aromatic heterocycles. The van der Waals surface area contributed by atoms with Gasteiger partial charge >= 0.3 is 0 Å². The van der Waals surface area contributed by atoms with Crippen LogP contribution in [0.5, 0.6) is 0 Å². The van der Waals surface area contributed by atoms with Crippen LogP contribution < -0.4 is 0 Å². The van der Waals surface area contributed by atoms with Gasteiger partial charge in [-0.15, -0.1) is 0 Å². The maximum absolute atomic E-state index is 5.62. The fourth-order valence-electron chi connectivity index (χ4n) is 0.581. The van der Waals surface area contributed by atoms with Crippen LogP contribution in [0.2, 0.25) is 5.15 Å². The van der Waals surface area contributed by atoms with Gasteiger partial charge in [-0.3, -0.25) is 4.98 Å². The summed E-state index contributed by atoms with van der Waals surface area (Å²) in [5.41, 5.74) is 1.61. The average molecular weight is 233 g/mol. The normalized spacial score (nSPS) is 9.64. The Labute approximate surface area is 78.4 Å². The second-order valence-corrected chi connectivity index (χ2v) is 2.91. The molecule has 58 valence electrons. The highest BCUT2D eigenvalue weighted by molar-refractivity contribution is 9.09. The van der Waals surface area contributed by atoms with E-state index in [9.17, 15) is 0 Å². The van der Waals surface area contributed by atoms with Crippen LogP contribution in [0.15, 0.2) is 19.0 Å². The van der Waals surface area contributed by atoms with Crippen LogP contribution in [0.25, 0.3) is 5.57 Å². The van der Waals surface area contributed by atoms with Crippen LogP contribution in [0.3, 0.4) is 0 Å². The maximum atomic E-state index is 5.62. The van der Waals surface area contributed by atoms with E-state index < -0.39 is 0 Å². The first-order valence-corrected chi connectivity index (χ1v) is 4.45. The number of halogens is 2. The van der Waals surface area contributed by atoms with E-state index in [1.807, 2.05) is 0 Å². The van der Waals surface area contributed by atoms with Gasteiger partial charge in [0.05, 0.1) is 18.1 Å². The first-order valence-electron chi connectivity index (χ1n) is 2.95. The molecule has 0 fully saturated rings. The lowest BCUT2D eigenvalue weighted by molar-refractivity contribution is 1.17. The molecule has 0 aliphatic heterocycles. The van der Waals surface area contributed by atoms with Crippen molar-refractivity contribution < 1.29 is 0 Å². The number of aromatic nitrogens is 2. The van der Waals surface area contributed by atoms with Crippen molar-refractivity contribution in [1.82, 2.24) is 9.97 Å². The molecular formula is C7H6BrClN2. The molecule has 0 atom stereocenters. The fourth-order valence-corrected chi connectivity index (χ4v) is 1.02. The van der Waals surface area contributed by atoms with E-state index in [2.05, 4.69) is 32.5 Å². The fraction of sp³-hybridized carbons (Fsp3) is 0.143. The van der Waals surface area contributed by atoms with Gasteiger partial charge in [0, 0.05) is 5.33 Å². The first kappa shape index (κ1) is 8.68. The molecule has 0 aromatic carbocycles. The first-order chi connectivity index (χ1) is 5.24. The second-order valence-electron chi connectivity index (χ2n) is 1.96. The summed E-state index contributed by atoms with van der Waals surface area (Å²) >= 11 is 8.88. The number of hydrogen-bond acceptors (Lipinski definition) is 2. The summed E-state index contributed by atoms with van der Waals surface area (Å²) in [6.45, 7) is 3.78. The van der Waals surface area contributed by atoms with Gasteiger partial charge in [-0.25, -0.2) is 4.98 Å². The minimum absolute atomic E-state index is 0.393. The third kappa shape index (κ3) is 2.27. The standard InChI is InChI=1S/C7H6BrClN2/c1-5(2-8)6-3-10-4-7(9)11-6/h3-4H,1-2H2. The molecule has 0 spiro atoms. The molecule has 0 bridgehead atoms. The van der Waals surface area contributed by atoms with Crippen molar-refractivity contribution in [3.8, 4) is 0 Å². The van der Waals surface area contributed by atoms with Gasteiger partial charge in [0.25, 0.3) is 0 Å². The SMILES string of the molecule is C=C(CBr)c1cncc(Cl)n1. The molecule has 2 nitrogen and oxygen atoms in total. The topological polar surface area (TPSA) is 25.8 Å².